The fourth-order valence-corrected chi connectivity index (χ4v) is 4.33. The van der Waals surface area contributed by atoms with Gasteiger partial charge in [0.15, 0.2) is 0 Å². The van der Waals surface area contributed by atoms with Gasteiger partial charge in [0.2, 0.25) is 5.91 Å². The lowest BCUT2D eigenvalue weighted by Gasteiger charge is -2.39. The first-order valence-electron chi connectivity index (χ1n) is 9.52. The third-order valence-electron chi connectivity index (χ3n) is 5.99. The molecular formula is C20H27F3N2O. The zero-order valence-electron chi connectivity index (χ0n) is 15.2. The predicted octanol–water partition coefficient (Wildman–Crippen LogP) is 4.02. The summed E-state index contributed by atoms with van der Waals surface area (Å²) in [5, 5.41) is 6.48. The lowest BCUT2D eigenvalue weighted by molar-refractivity contribution is -0.138. The number of carbonyl (C=O) groups excluding carboxylic acids is 1. The normalized spacial score (nSPS) is 26.3. The average molecular weight is 368 g/mol. The molecule has 2 unspecified atom stereocenters. The summed E-state index contributed by atoms with van der Waals surface area (Å²) in [6, 6.07) is 5.44. The second-order valence-corrected chi connectivity index (χ2v) is 7.77. The molecule has 6 heteroatoms. The Bertz CT molecular complexity index is 638. The molecule has 3 rings (SSSR count). The molecule has 1 aromatic carbocycles. The molecule has 1 aliphatic carbocycles. The molecule has 0 spiro atoms. The molecule has 1 saturated carbocycles. The van der Waals surface area contributed by atoms with Crippen LogP contribution in [0.5, 0.6) is 0 Å². The maximum atomic E-state index is 13.3. The topological polar surface area (TPSA) is 41.1 Å². The van der Waals surface area contributed by atoms with Gasteiger partial charge in [-0.3, -0.25) is 4.79 Å². The number of nitrogens with one attached hydrogen (secondary N) is 2. The fraction of sp³-hybridized carbons (Fsp3) is 0.650. The summed E-state index contributed by atoms with van der Waals surface area (Å²) in [7, 11) is 0. The van der Waals surface area contributed by atoms with E-state index in [4.69, 9.17) is 0 Å². The van der Waals surface area contributed by atoms with Gasteiger partial charge in [0.05, 0.1) is 11.0 Å². The smallest absolute Gasteiger partial charge is 0.352 e. The fourth-order valence-electron chi connectivity index (χ4n) is 4.33. The van der Waals surface area contributed by atoms with Crippen LogP contribution in [0, 0.1) is 5.92 Å². The Labute approximate surface area is 152 Å². The van der Waals surface area contributed by atoms with Crippen LogP contribution >= 0.6 is 0 Å². The van der Waals surface area contributed by atoms with Crippen molar-refractivity contribution in [3.8, 4) is 0 Å². The minimum atomic E-state index is -4.40. The number of piperidine rings is 1. The van der Waals surface area contributed by atoms with E-state index in [0.717, 1.165) is 44.8 Å². The van der Waals surface area contributed by atoms with Gasteiger partial charge in [-0.25, -0.2) is 0 Å². The number of hydrogen-bond acceptors (Lipinski definition) is 2. The highest BCUT2D eigenvalue weighted by atomic mass is 19.4. The Morgan fingerprint density at radius 3 is 2.62 bits per heavy atom. The quantitative estimate of drug-likeness (QED) is 0.846. The monoisotopic (exact) mass is 368 g/mol. The first kappa shape index (κ1) is 19.2. The minimum absolute atomic E-state index is 0.0772. The third-order valence-corrected chi connectivity index (χ3v) is 5.99. The zero-order chi connectivity index (χ0) is 18.8. The Kier molecular flexibility index (Phi) is 5.61. The van der Waals surface area contributed by atoms with E-state index in [2.05, 4.69) is 17.6 Å². The van der Waals surface area contributed by atoms with Crippen molar-refractivity contribution in [2.45, 2.75) is 63.1 Å². The van der Waals surface area contributed by atoms with Crippen molar-refractivity contribution >= 4 is 5.91 Å². The van der Waals surface area contributed by atoms with Crippen LogP contribution in [0.3, 0.4) is 0 Å². The van der Waals surface area contributed by atoms with Crippen LogP contribution in [0.15, 0.2) is 24.3 Å². The summed E-state index contributed by atoms with van der Waals surface area (Å²) in [5.74, 6) is 0.213. The zero-order valence-corrected chi connectivity index (χ0v) is 15.2. The summed E-state index contributed by atoms with van der Waals surface area (Å²) in [6.07, 6.45) is 0.436. The van der Waals surface area contributed by atoms with Crippen LogP contribution in [0.25, 0.3) is 0 Å². The van der Waals surface area contributed by atoms with Gasteiger partial charge < -0.3 is 10.6 Å². The Balaban J connectivity index is 1.90. The van der Waals surface area contributed by atoms with Crippen LogP contribution in [0.4, 0.5) is 13.2 Å². The highest BCUT2D eigenvalue weighted by molar-refractivity contribution is 5.88. The maximum absolute atomic E-state index is 13.3. The van der Waals surface area contributed by atoms with Crippen molar-refractivity contribution in [2.24, 2.45) is 5.92 Å². The van der Waals surface area contributed by atoms with E-state index in [1.165, 1.54) is 12.1 Å². The van der Waals surface area contributed by atoms with Crippen LogP contribution in [-0.4, -0.2) is 25.0 Å². The molecule has 1 saturated heterocycles. The van der Waals surface area contributed by atoms with Gasteiger partial charge in [0, 0.05) is 6.04 Å². The van der Waals surface area contributed by atoms with E-state index in [9.17, 15) is 18.0 Å². The molecule has 144 valence electrons. The van der Waals surface area contributed by atoms with Gasteiger partial charge in [0.1, 0.15) is 0 Å². The average Bonchev–Trinajstić information content (AvgIpc) is 2.63. The number of carbonyl (C=O) groups is 1. The lowest BCUT2D eigenvalue weighted by atomic mass is 9.68. The molecule has 2 atom stereocenters. The largest absolute Gasteiger partial charge is 0.416 e. The Hall–Kier alpha value is -1.56. The second-order valence-electron chi connectivity index (χ2n) is 7.77. The lowest BCUT2D eigenvalue weighted by Crippen LogP contribution is -2.54. The maximum Gasteiger partial charge on any atom is 0.416 e. The van der Waals surface area contributed by atoms with Crippen molar-refractivity contribution in [3.05, 3.63) is 35.4 Å². The van der Waals surface area contributed by atoms with E-state index < -0.39 is 17.2 Å². The summed E-state index contributed by atoms with van der Waals surface area (Å²) in [4.78, 5) is 13.3. The van der Waals surface area contributed by atoms with E-state index in [1.807, 2.05) is 0 Å². The van der Waals surface area contributed by atoms with Gasteiger partial charge in [-0.05, 0) is 49.9 Å². The molecule has 1 aromatic rings. The van der Waals surface area contributed by atoms with Crippen LogP contribution in [0.1, 0.15) is 56.6 Å². The van der Waals surface area contributed by atoms with E-state index in [1.54, 1.807) is 6.07 Å². The molecule has 1 heterocycles. The summed E-state index contributed by atoms with van der Waals surface area (Å²) in [5.41, 5.74) is -1.02. The summed E-state index contributed by atoms with van der Waals surface area (Å²) >= 11 is 0. The summed E-state index contributed by atoms with van der Waals surface area (Å²) in [6.45, 7) is 3.79. The number of benzene rings is 1. The van der Waals surface area contributed by atoms with E-state index in [-0.39, 0.29) is 11.9 Å². The molecule has 2 N–H and O–H groups in total. The van der Waals surface area contributed by atoms with Crippen molar-refractivity contribution in [1.82, 2.24) is 10.6 Å². The van der Waals surface area contributed by atoms with Crippen molar-refractivity contribution in [2.75, 3.05) is 13.1 Å². The highest BCUT2D eigenvalue weighted by Crippen LogP contribution is 2.42. The molecule has 1 aliphatic heterocycles. The molecule has 0 bridgehead atoms. The van der Waals surface area contributed by atoms with Crippen molar-refractivity contribution < 1.29 is 18.0 Å². The first-order chi connectivity index (χ1) is 12.3. The second kappa shape index (κ2) is 7.59. The molecular weight excluding hydrogens is 341 g/mol. The van der Waals surface area contributed by atoms with Crippen molar-refractivity contribution in [3.63, 3.8) is 0 Å². The molecule has 2 fully saturated rings. The molecule has 2 aliphatic rings. The van der Waals surface area contributed by atoms with Gasteiger partial charge >= 0.3 is 6.18 Å². The minimum Gasteiger partial charge on any atom is -0.352 e. The number of hydrogen-bond donors (Lipinski definition) is 2. The molecule has 3 nitrogen and oxygen atoms in total. The van der Waals surface area contributed by atoms with E-state index in [0.29, 0.717) is 24.3 Å². The van der Waals surface area contributed by atoms with E-state index >= 15 is 0 Å². The van der Waals surface area contributed by atoms with Crippen LogP contribution < -0.4 is 10.6 Å². The number of rotatable bonds is 3. The molecule has 0 radical (unpaired) electrons. The molecule has 1 amide bonds. The van der Waals surface area contributed by atoms with Gasteiger partial charge in [0.25, 0.3) is 0 Å². The number of halogens is 3. The van der Waals surface area contributed by atoms with Crippen molar-refractivity contribution in [1.29, 1.82) is 0 Å². The Morgan fingerprint density at radius 1 is 1.23 bits per heavy atom. The van der Waals surface area contributed by atoms with Crippen LogP contribution in [-0.2, 0) is 16.4 Å². The molecule has 0 aromatic heterocycles. The number of alkyl halides is 3. The van der Waals surface area contributed by atoms with Gasteiger partial charge in [-0.2, -0.15) is 13.2 Å². The highest BCUT2D eigenvalue weighted by Gasteiger charge is 2.43. The first-order valence-corrected chi connectivity index (χ1v) is 9.52. The Morgan fingerprint density at radius 2 is 1.96 bits per heavy atom. The standard InChI is InChI=1S/C20H27F3N2O/c1-14-13-24-11-8-17(14)25-18(26)19(9-3-2-4-10-19)15-6-5-7-16(12-15)20(21,22)23/h5-7,12,14,17,24H,2-4,8-11,13H2,1H3,(H,25,26). The van der Waals surface area contributed by atoms with Crippen LogP contribution in [0.2, 0.25) is 0 Å². The van der Waals surface area contributed by atoms with Gasteiger partial charge in [-0.1, -0.05) is 44.4 Å². The summed E-state index contributed by atoms with van der Waals surface area (Å²) < 4.78 is 39.5. The third kappa shape index (κ3) is 3.90. The van der Waals surface area contributed by atoms with Gasteiger partial charge in [-0.15, -0.1) is 0 Å². The predicted molar refractivity (Wildman–Crippen MR) is 94.8 cm³/mol. The molecule has 26 heavy (non-hydrogen) atoms. The number of amides is 1. The SMILES string of the molecule is CC1CNCCC1NC(=O)C1(c2cccc(C(F)(F)F)c2)CCCCC1.